The van der Waals surface area contributed by atoms with Gasteiger partial charge in [-0.05, 0) is 43.4 Å². The van der Waals surface area contributed by atoms with Gasteiger partial charge in [0, 0.05) is 18.3 Å². The van der Waals surface area contributed by atoms with Gasteiger partial charge in [-0.25, -0.2) is 9.97 Å². The monoisotopic (exact) mass is 452 g/mol. The minimum atomic E-state index is -0.179. The molecule has 0 saturated heterocycles. The molecule has 0 fully saturated rings. The lowest BCUT2D eigenvalue weighted by atomic mass is 10.0. The standard InChI is InChI=1S/C29H44N2O2/c1-4-6-7-8-9-10-11-12-18-25-22-23-30-29(31-25)26-19-14-15-20-27(26)33-28(32)21-16-13-17-24(3)5-2/h14-15,19-20,22-24H,4-13,16-18,21H2,1-3H3. The summed E-state index contributed by atoms with van der Waals surface area (Å²) in [5, 5.41) is 0. The van der Waals surface area contributed by atoms with E-state index in [9.17, 15) is 4.79 Å². The van der Waals surface area contributed by atoms with Crippen molar-refractivity contribution >= 4 is 5.97 Å². The lowest BCUT2D eigenvalue weighted by Crippen LogP contribution is -2.09. The Kier molecular flexibility index (Phi) is 13.4. The van der Waals surface area contributed by atoms with Crippen molar-refractivity contribution in [3.8, 4) is 17.1 Å². The summed E-state index contributed by atoms with van der Waals surface area (Å²) in [7, 11) is 0. The summed E-state index contributed by atoms with van der Waals surface area (Å²) >= 11 is 0. The number of ether oxygens (including phenoxy) is 1. The van der Waals surface area contributed by atoms with E-state index in [0.29, 0.717) is 18.0 Å². The van der Waals surface area contributed by atoms with Gasteiger partial charge < -0.3 is 4.74 Å². The molecular formula is C29H44N2O2. The zero-order valence-corrected chi connectivity index (χ0v) is 21.2. The fourth-order valence-corrected chi connectivity index (χ4v) is 3.99. The van der Waals surface area contributed by atoms with Crippen molar-refractivity contribution in [2.24, 2.45) is 5.92 Å². The second-order valence-corrected chi connectivity index (χ2v) is 9.33. The van der Waals surface area contributed by atoms with E-state index in [-0.39, 0.29) is 5.97 Å². The van der Waals surface area contributed by atoms with E-state index in [1.165, 1.54) is 57.8 Å². The van der Waals surface area contributed by atoms with E-state index in [1.54, 1.807) is 0 Å². The molecule has 0 aliphatic carbocycles. The maximum absolute atomic E-state index is 12.4. The van der Waals surface area contributed by atoms with Crippen LogP contribution in [0.4, 0.5) is 0 Å². The molecule has 182 valence electrons. The molecular weight excluding hydrogens is 408 g/mol. The molecule has 1 unspecified atom stereocenters. The lowest BCUT2D eigenvalue weighted by molar-refractivity contribution is -0.134. The molecule has 4 nitrogen and oxygen atoms in total. The summed E-state index contributed by atoms with van der Waals surface area (Å²) in [6, 6.07) is 9.59. The lowest BCUT2D eigenvalue weighted by Gasteiger charge is -2.11. The normalized spacial score (nSPS) is 12.0. The Morgan fingerprint density at radius 2 is 1.64 bits per heavy atom. The van der Waals surface area contributed by atoms with Crippen molar-refractivity contribution in [1.29, 1.82) is 0 Å². The summed E-state index contributed by atoms with van der Waals surface area (Å²) in [6.45, 7) is 6.73. The second-order valence-electron chi connectivity index (χ2n) is 9.33. The molecule has 1 atom stereocenters. The van der Waals surface area contributed by atoms with Crippen molar-refractivity contribution in [3.63, 3.8) is 0 Å². The molecule has 0 spiro atoms. The number of carbonyl (C=O) groups excluding carboxylic acids is 1. The van der Waals surface area contributed by atoms with Crippen LogP contribution in [0.3, 0.4) is 0 Å². The molecule has 1 aromatic carbocycles. The Balaban J connectivity index is 1.85. The van der Waals surface area contributed by atoms with Gasteiger partial charge in [-0.1, -0.05) is 97.1 Å². The first-order valence-electron chi connectivity index (χ1n) is 13.3. The Bertz CT molecular complexity index is 806. The van der Waals surface area contributed by atoms with Crippen molar-refractivity contribution in [2.45, 2.75) is 111 Å². The highest BCUT2D eigenvalue weighted by molar-refractivity contribution is 5.76. The maximum atomic E-state index is 12.4. The number of aryl methyl sites for hydroxylation is 1. The van der Waals surface area contributed by atoms with Gasteiger partial charge in [-0.15, -0.1) is 0 Å². The molecule has 0 radical (unpaired) electrons. The van der Waals surface area contributed by atoms with Gasteiger partial charge >= 0.3 is 5.97 Å². The first-order chi connectivity index (χ1) is 16.1. The minimum Gasteiger partial charge on any atom is -0.426 e. The molecule has 1 aromatic heterocycles. The van der Waals surface area contributed by atoms with Crippen LogP contribution in [0.5, 0.6) is 5.75 Å². The van der Waals surface area contributed by atoms with E-state index in [2.05, 4.69) is 25.8 Å². The number of hydrogen-bond acceptors (Lipinski definition) is 4. The van der Waals surface area contributed by atoms with Crippen LogP contribution in [0.25, 0.3) is 11.4 Å². The highest BCUT2D eigenvalue weighted by Gasteiger charge is 2.13. The Morgan fingerprint density at radius 3 is 2.39 bits per heavy atom. The smallest absolute Gasteiger partial charge is 0.311 e. The topological polar surface area (TPSA) is 52.1 Å². The van der Waals surface area contributed by atoms with Crippen LogP contribution >= 0.6 is 0 Å². The number of aromatic nitrogens is 2. The molecule has 0 amide bonds. The predicted molar refractivity (Wildman–Crippen MR) is 137 cm³/mol. The third-order valence-corrected chi connectivity index (χ3v) is 6.38. The van der Waals surface area contributed by atoms with Gasteiger partial charge in [0.25, 0.3) is 0 Å². The second kappa shape index (κ2) is 16.4. The van der Waals surface area contributed by atoms with Crippen LogP contribution in [-0.4, -0.2) is 15.9 Å². The highest BCUT2D eigenvalue weighted by atomic mass is 16.5. The molecule has 0 aliphatic heterocycles. The summed E-state index contributed by atoms with van der Waals surface area (Å²) in [6.07, 6.45) is 17.9. The zero-order valence-electron chi connectivity index (χ0n) is 21.2. The van der Waals surface area contributed by atoms with Crippen molar-refractivity contribution in [1.82, 2.24) is 9.97 Å². The SMILES string of the molecule is CCCCCCCCCCc1ccnc(-c2ccccc2OC(=O)CCCCC(C)CC)n1. The number of carbonyl (C=O) groups is 1. The molecule has 0 bridgehead atoms. The molecule has 0 saturated carbocycles. The zero-order chi connectivity index (χ0) is 23.7. The van der Waals surface area contributed by atoms with Crippen molar-refractivity contribution in [2.75, 3.05) is 0 Å². The van der Waals surface area contributed by atoms with Crippen LogP contribution in [0.1, 0.15) is 110 Å². The average Bonchev–Trinajstić information content (AvgIpc) is 2.84. The molecule has 0 N–H and O–H groups in total. The van der Waals surface area contributed by atoms with E-state index in [1.807, 2.05) is 36.5 Å². The average molecular weight is 453 g/mol. The largest absolute Gasteiger partial charge is 0.426 e. The summed E-state index contributed by atoms with van der Waals surface area (Å²) in [5.74, 6) is 1.72. The number of unbranched alkanes of at least 4 members (excludes halogenated alkanes) is 8. The summed E-state index contributed by atoms with van der Waals surface area (Å²) in [4.78, 5) is 21.6. The number of nitrogens with zero attached hydrogens (tertiary/aromatic N) is 2. The third-order valence-electron chi connectivity index (χ3n) is 6.38. The number of hydrogen-bond donors (Lipinski definition) is 0. The van der Waals surface area contributed by atoms with Gasteiger partial charge in [0.2, 0.25) is 0 Å². The van der Waals surface area contributed by atoms with Gasteiger partial charge in [0.1, 0.15) is 5.75 Å². The van der Waals surface area contributed by atoms with Crippen LogP contribution in [-0.2, 0) is 11.2 Å². The molecule has 0 aliphatic rings. The van der Waals surface area contributed by atoms with Gasteiger partial charge in [-0.3, -0.25) is 4.79 Å². The van der Waals surface area contributed by atoms with Crippen molar-refractivity contribution < 1.29 is 9.53 Å². The first kappa shape index (κ1) is 27.0. The first-order valence-corrected chi connectivity index (χ1v) is 13.3. The van der Waals surface area contributed by atoms with Gasteiger partial charge in [-0.2, -0.15) is 0 Å². The maximum Gasteiger partial charge on any atom is 0.311 e. The van der Waals surface area contributed by atoms with E-state index in [4.69, 9.17) is 9.72 Å². The van der Waals surface area contributed by atoms with E-state index in [0.717, 1.165) is 42.9 Å². The van der Waals surface area contributed by atoms with Crippen LogP contribution in [0, 0.1) is 5.92 Å². The van der Waals surface area contributed by atoms with Gasteiger partial charge in [0.15, 0.2) is 5.82 Å². The summed E-state index contributed by atoms with van der Waals surface area (Å²) < 4.78 is 5.71. The third kappa shape index (κ3) is 11.0. The quantitative estimate of drug-likeness (QED) is 0.137. The molecule has 4 heteroatoms. The highest BCUT2D eigenvalue weighted by Crippen LogP contribution is 2.28. The Hall–Kier alpha value is -2.23. The number of benzene rings is 1. The van der Waals surface area contributed by atoms with E-state index < -0.39 is 0 Å². The number of para-hydroxylation sites is 1. The fraction of sp³-hybridized carbons (Fsp3) is 0.621. The Morgan fingerprint density at radius 1 is 0.909 bits per heavy atom. The molecule has 1 heterocycles. The van der Waals surface area contributed by atoms with Crippen LogP contribution < -0.4 is 4.74 Å². The van der Waals surface area contributed by atoms with Crippen LogP contribution in [0.2, 0.25) is 0 Å². The minimum absolute atomic E-state index is 0.179. The number of esters is 1. The Labute approximate surface area is 201 Å². The fourth-order valence-electron chi connectivity index (χ4n) is 3.99. The number of rotatable bonds is 17. The van der Waals surface area contributed by atoms with E-state index >= 15 is 0 Å². The van der Waals surface area contributed by atoms with Crippen molar-refractivity contribution in [3.05, 3.63) is 42.2 Å². The molecule has 2 rings (SSSR count). The van der Waals surface area contributed by atoms with Crippen LogP contribution in [0.15, 0.2) is 36.5 Å². The predicted octanol–water partition coefficient (Wildman–Crippen LogP) is 8.34. The van der Waals surface area contributed by atoms with Gasteiger partial charge in [0.05, 0.1) is 5.56 Å². The summed E-state index contributed by atoms with van der Waals surface area (Å²) in [5.41, 5.74) is 1.83. The molecule has 2 aromatic rings. The molecule has 33 heavy (non-hydrogen) atoms.